The highest BCUT2D eigenvalue weighted by atomic mass is 35.5. The molecule has 0 radical (unpaired) electrons. The van der Waals surface area contributed by atoms with Crippen LogP contribution in [0.25, 0.3) is 10.9 Å². The Hall–Kier alpha value is -2.78. The molecule has 1 aromatic heterocycles. The maximum absolute atomic E-state index is 13.7. The van der Waals surface area contributed by atoms with Gasteiger partial charge in [-0.3, -0.25) is 14.4 Å². The largest absolute Gasteiger partial charge is 0.497 e. The number of hydrogen-bond donors (Lipinski definition) is 2. The summed E-state index contributed by atoms with van der Waals surface area (Å²) in [5, 5.41) is 7.00. The van der Waals surface area contributed by atoms with Crippen LogP contribution in [0.3, 0.4) is 0 Å². The van der Waals surface area contributed by atoms with Crippen LogP contribution in [0.5, 0.6) is 5.75 Å². The fourth-order valence-corrected chi connectivity index (χ4v) is 5.70. The second-order valence-electron chi connectivity index (χ2n) is 10.5. The van der Waals surface area contributed by atoms with Crippen molar-refractivity contribution >= 4 is 41.0 Å². The first-order chi connectivity index (χ1) is 17.7. The molecule has 210 valence electrons. The van der Waals surface area contributed by atoms with Gasteiger partial charge < -0.3 is 29.7 Å². The molecule has 10 heteroatoms. The number of halogens is 1. The molecule has 2 fully saturated rings. The molecule has 9 nitrogen and oxygen atoms in total. The molecule has 1 saturated carbocycles. The first-order valence-corrected chi connectivity index (χ1v) is 13.5. The van der Waals surface area contributed by atoms with Crippen molar-refractivity contribution in [3.05, 3.63) is 30.0 Å². The number of piperazine rings is 1. The lowest BCUT2D eigenvalue weighted by Crippen LogP contribution is -2.61. The third-order valence-electron chi connectivity index (χ3n) is 8.18. The predicted octanol–water partition coefficient (Wildman–Crippen LogP) is 2.95. The van der Waals surface area contributed by atoms with E-state index in [4.69, 9.17) is 4.74 Å². The molecule has 3 amide bonds. The average Bonchev–Trinajstić information content (AvgIpc) is 3.26. The molecule has 2 aromatic rings. The predicted molar refractivity (Wildman–Crippen MR) is 151 cm³/mol. The van der Waals surface area contributed by atoms with E-state index in [-0.39, 0.29) is 48.1 Å². The summed E-state index contributed by atoms with van der Waals surface area (Å²) >= 11 is 0. The van der Waals surface area contributed by atoms with E-state index in [1.54, 1.807) is 21.1 Å². The lowest BCUT2D eigenvalue weighted by atomic mass is 9.83. The van der Waals surface area contributed by atoms with Gasteiger partial charge in [-0.25, -0.2) is 0 Å². The molecule has 0 bridgehead atoms. The van der Waals surface area contributed by atoms with Crippen LogP contribution in [-0.4, -0.2) is 84.0 Å². The molecule has 2 aliphatic rings. The summed E-state index contributed by atoms with van der Waals surface area (Å²) in [6.07, 6.45) is 5.24. The van der Waals surface area contributed by atoms with E-state index in [0.717, 1.165) is 42.3 Å². The first kappa shape index (κ1) is 29.8. The van der Waals surface area contributed by atoms with Crippen molar-refractivity contribution in [2.75, 3.05) is 33.8 Å². The third kappa shape index (κ3) is 6.10. The number of fused-ring (bicyclic) bond motifs is 1. The zero-order chi connectivity index (χ0) is 26.7. The van der Waals surface area contributed by atoms with Crippen LogP contribution >= 0.6 is 12.4 Å². The van der Waals surface area contributed by atoms with Gasteiger partial charge in [-0.2, -0.15) is 0 Å². The summed E-state index contributed by atoms with van der Waals surface area (Å²) in [6, 6.07) is 6.66. The van der Waals surface area contributed by atoms with Gasteiger partial charge in [-0.15, -0.1) is 12.4 Å². The molecule has 38 heavy (non-hydrogen) atoms. The van der Waals surface area contributed by atoms with Gasteiger partial charge in [-0.1, -0.05) is 19.3 Å². The minimum absolute atomic E-state index is 0. The normalized spacial score (nSPS) is 20.0. The number of nitrogens with one attached hydrogen (secondary N) is 2. The van der Waals surface area contributed by atoms with Gasteiger partial charge in [0.05, 0.1) is 18.7 Å². The average molecular weight is 548 g/mol. The molecule has 4 rings (SSSR count). The summed E-state index contributed by atoms with van der Waals surface area (Å²) in [5.41, 5.74) is 1.55. The van der Waals surface area contributed by atoms with Crippen molar-refractivity contribution in [3.8, 4) is 5.75 Å². The molecule has 1 saturated heterocycles. The van der Waals surface area contributed by atoms with Gasteiger partial charge >= 0.3 is 0 Å². The van der Waals surface area contributed by atoms with Crippen LogP contribution in [0, 0.1) is 5.92 Å². The highest BCUT2D eigenvalue weighted by molar-refractivity contribution is 5.99. The van der Waals surface area contributed by atoms with Gasteiger partial charge in [0.25, 0.3) is 5.91 Å². The Morgan fingerprint density at radius 3 is 2.42 bits per heavy atom. The van der Waals surface area contributed by atoms with E-state index in [0.29, 0.717) is 25.3 Å². The number of likely N-dealkylation sites (N-methyl/N-ethyl adjacent to an activating group) is 1. The van der Waals surface area contributed by atoms with Crippen LogP contribution in [0.1, 0.15) is 56.4 Å². The number of aryl methyl sites for hydroxylation is 1. The van der Waals surface area contributed by atoms with E-state index in [2.05, 4.69) is 10.6 Å². The summed E-state index contributed by atoms with van der Waals surface area (Å²) in [4.78, 5) is 43.7. The van der Waals surface area contributed by atoms with E-state index in [1.807, 2.05) is 52.6 Å². The summed E-state index contributed by atoms with van der Waals surface area (Å²) < 4.78 is 7.25. The number of nitrogens with zero attached hydrogens (tertiary/aromatic N) is 3. The second-order valence-corrected chi connectivity index (χ2v) is 10.5. The minimum atomic E-state index is -0.522. The maximum Gasteiger partial charge on any atom is 0.270 e. The number of ether oxygens (including phenoxy) is 1. The zero-order valence-corrected chi connectivity index (χ0v) is 24.0. The van der Waals surface area contributed by atoms with Crippen LogP contribution in [0.4, 0.5) is 0 Å². The zero-order valence-electron chi connectivity index (χ0n) is 23.2. The summed E-state index contributed by atoms with van der Waals surface area (Å²) in [7, 11) is 5.26. The Labute approximate surface area is 231 Å². The molecular formula is C28H42ClN5O4. The van der Waals surface area contributed by atoms with Gasteiger partial charge in [0.1, 0.15) is 17.5 Å². The SMILES string of the molecule is CNC(C)C(=O)NC(C(=O)N1CCN(C(=O)c2cc3ccc(OC)cc3n2C)[C@@H](C)C1)C1CCCCC1.Cl. The number of hydrogen-bond acceptors (Lipinski definition) is 5. The van der Waals surface area contributed by atoms with Gasteiger partial charge in [0.15, 0.2) is 0 Å². The highest BCUT2D eigenvalue weighted by Crippen LogP contribution is 2.29. The quantitative estimate of drug-likeness (QED) is 0.555. The smallest absolute Gasteiger partial charge is 0.270 e. The number of methoxy groups -OCH3 is 1. The van der Waals surface area contributed by atoms with Crippen molar-refractivity contribution in [3.63, 3.8) is 0 Å². The number of carbonyl (C=O) groups is 3. The topological polar surface area (TPSA) is 95.9 Å². The van der Waals surface area contributed by atoms with Crippen LogP contribution < -0.4 is 15.4 Å². The Bertz CT molecular complexity index is 1150. The van der Waals surface area contributed by atoms with E-state index >= 15 is 0 Å². The molecule has 1 aromatic carbocycles. The van der Waals surface area contributed by atoms with E-state index < -0.39 is 6.04 Å². The van der Waals surface area contributed by atoms with Crippen molar-refractivity contribution in [1.29, 1.82) is 0 Å². The fourth-order valence-electron chi connectivity index (χ4n) is 5.70. The molecule has 0 spiro atoms. The molecule has 2 heterocycles. The monoisotopic (exact) mass is 547 g/mol. The lowest BCUT2D eigenvalue weighted by Gasteiger charge is -2.42. The molecule has 1 aliphatic heterocycles. The lowest BCUT2D eigenvalue weighted by molar-refractivity contribution is -0.140. The number of carbonyl (C=O) groups excluding carboxylic acids is 3. The van der Waals surface area contributed by atoms with Crippen LogP contribution in [0.2, 0.25) is 0 Å². The van der Waals surface area contributed by atoms with Gasteiger partial charge in [-0.05, 0) is 57.9 Å². The fraction of sp³-hybridized carbons (Fsp3) is 0.607. The Kier molecular flexibility index (Phi) is 10.1. The molecule has 1 aliphatic carbocycles. The van der Waals surface area contributed by atoms with E-state index in [9.17, 15) is 14.4 Å². The second kappa shape index (κ2) is 12.8. The standard InChI is InChI=1S/C28H41N5O4.ClH/c1-18-17-32(28(36)25(20-9-7-6-8-10-20)30-26(34)19(2)29-3)13-14-33(18)27(35)24-15-21-11-12-22(37-5)16-23(21)31(24)4;/h11-12,15-16,18-20,25,29H,6-10,13-14,17H2,1-5H3,(H,30,34);1H/t18-,19?,25?;/m0./s1. The Balaban J connectivity index is 0.00000400. The number of rotatable bonds is 7. The summed E-state index contributed by atoms with van der Waals surface area (Å²) in [5.74, 6) is 0.672. The van der Waals surface area contributed by atoms with Crippen molar-refractivity contribution in [1.82, 2.24) is 25.0 Å². The Morgan fingerprint density at radius 2 is 1.79 bits per heavy atom. The minimum Gasteiger partial charge on any atom is -0.497 e. The highest BCUT2D eigenvalue weighted by Gasteiger charge is 2.38. The third-order valence-corrected chi connectivity index (χ3v) is 8.18. The van der Waals surface area contributed by atoms with Gasteiger partial charge in [0.2, 0.25) is 11.8 Å². The van der Waals surface area contributed by atoms with Crippen molar-refractivity contribution < 1.29 is 19.1 Å². The van der Waals surface area contributed by atoms with Crippen molar-refractivity contribution in [2.45, 2.75) is 64.1 Å². The molecule has 2 N–H and O–H groups in total. The summed E-state index contributed by atoms with van der Waals surface area (Å²) in [6.45, 7) is 5.14. The van der Waals surface area contributed by atoms with Gasteiger partial charge in [0, 0.05) is 44.2 Å². The van der Waals surface area contributed by atoms with Crippen LogP contribution in [0.15, 0.2) is 24.3 Å². The Morgan fingerprint density at radius 1 is 1.08 bits per heavy atom. The van der Waals surface area contributed by atoms with Crippen molar-refractivity contribution in [2.24, 2.45) is 13.0 Å². The molecular weight excluding hydrogens is 506 g/mol. The number of benzene rings is 1. The molecule has 3 atom stereocenters. The van der Waals surface area contributed by atoms with Crippen LogP contribution in [-0.2, 0) is 16.6 Å². The molecule has 2 unspecified atom stereocenters. The first-order valence-electron chi connectivity index (χ1n) is 13.5. The maximum atomic E-state index is 13.7. The van der Waals surface area contributed by atoms with E-state index in [1.165, 1.54) is 6.42 Å². The number of aromatic nitrogens is 1. The number of amides is 3.